The molecular weight excluding hydrogens is 264 g/mol. The van der Waals surface area contributed by atoms with Gasteiger partial charge in [0.05, 0.1) is 24.5 Å². The lowest BCUT2D eigenvalue weighted by Crippen LogP contribution is -2.02. The highest BCUT2D eigenvalue weighted by molar-refractivity contribution is 7.22. The van der Waals surface area contributed by atoms with E-state index in [0.29, 0.717) is 42.2 Å². The van der Waals surface area contributed by atoms with Gasteiger partial charge in [0, 0.05) is 6.07 Å². The largest absolute Gasteiger partial charge is 0.490 e. The maximum absolute atomic E-state index is 5.77. The molecule has 6 heteroatoms. The summed E-state index contributed by atoms with van der Waals surface area (Å²) in [6, 6.07) is 1.90. The summed E-state index contributed by atoms with van der Waals surface area (Å²) in [4.78, 5) is 4.31. The van der Waals surface area contributed by atoms with E-state index in [1.54, 1.807) is 0 Å². The second-order valence-electron chi connectivity index (χ2n) is 3.73. The summed E-state index contributed by atoms with van der Waals surface area (Å²) in [5.74, 6) is 1.88. The van der Waals surface area contributed by atoms with Crippen molar-refractivity contribution < 1.29 is 14.2 Å². The zero-order chi connectivity index (χ0) is 13.8. The molecule has 1 heterocycles. The van der Waals surface area contributed by atoms with E-state index < -0.39 is 0 Å². The van der Waals surface area contributed by atoms with E-state index in [4.69, 9.17) is 19.9 Å². The van der Waals surface area contributed by atoms with Gasteiger partial charge in [0.25, 0.3) is 0 Å². The Balaban J connectivity index is 2.66. The van der Waals surface area contributed by atoms with Gasteiger partial charge in [0.2, 0.25) is 5.75 Å². The summed E-state index contributed by atoms with van der Waals surface area (Å²) in [6.07, 6.45) is 0. The number of hydrogen-bond acceptors (Lipinski definition) is 6. The van der Waals surface area contributed by atoms with Crippen LogP contribution in [-0.2, 0) is 0 Å². The molecule has 0 radical (unpaired) electrons. The Bertz CT molecular complexity index is 569. The van der Waals surface area contributed by atoms with Crippen molar-refractivity contribution in [3.8, 4) is 17.2 Å². The number of benzene rings is 1. The molecule has 0 unspecified atom stereocenters. The molecule has 19 heavy (non-hydrogen) atoms. The maximum Gasteiger partial charge on any atom is 0.205 e. The SMILES string of the molecule is CCOc1cc2sc(N)nc2c(OCC)c1OCC. The third-order valence-corrected chi connectivity index (χ3v) is 3.29. The van der Waals surface area contributed by atoms with Crippen LogP contribution in [0.5, 0.6) is 17.2 Å². The number of anilines is 1. The lowest BCUT2D eigenvalue weighted by atomic mass is 10.2. The lowest BCUT2D eigenvalue weighted by Gasteiger charge is -2.15. The van der Waals surface area contributed by atoms with E-state index in [-0.39, 0.29) is 0 Å². The van der Waals surface area contributed by atoms with Crippen LogP contribution in [0.15, 0.2) is 6.07 Å². The summed E-state index contributed by atoms with van der Waals surface area (Å²) in [5, 5.41) is 0.507. The molecule has 1 aromatic heterocycles. The molecule has 0 aliphatic heterocycles. The van der Waals surface area contributed by atoms with Gasteiger partial charge in [-0.05, 0) is 20.8 Å². The Hall–Kier alpha value is -1.69. The minimum Gasteiger partial charge on any atom is -0.490 e. The zero-order valence-corrected chi connectivity index (χ0v) is 12.2. The molecule has 1 aromatic carbocycles. The first-order chi connectivity index (χ1) is 9.21. The van der Waals surface area contributed by atoms with Gasteiger partial charge >= 0.3 is 0 Å². The predicted octanol–water partition coefficient (Wildman–Crippen LogP) is 3.07. The number of fused-ring (bicyclic) bond motifs is 1. The minimum atomic E-state index is 0.507. The molecule has 2 rings (SSSR count). The number of thiazole rings is 1. The Morgan fingerprint density at radius 1 is 1.05 bits per heavy atom. The van der Waals surface area contributed by atoms with Crippen LogP contribution in [0.4, 0.5) is 5.13 Å². The predicted molar refractivity (Wildman–Crippen MR) is 77.5 cm³/mol. The van der Waals surface area contributed by atoms with Gasteiger partial charge in [-0.2, -0.15) is 0 Å². The van der Waals surface area contributed by atoms with Gasteiger partial charge in [-0.15, -0.1) is 0 Å². The van der Waals surface area contributed by atoms with Crippen molar-refractivity contribution in [2.45, 2.75) is 20.8 Å². The normalized spacial score (nSPS) is 10.7. The molecule has 5 nitrogen and oxygen atoms in total. The summed E-state index contributed by atoms with van der Waals surface area (Å²) < 4.78 is 17.9. The first-order valence-corrected chi connectivity index (χ1v) is 7.14. The van der Waals surface area contributed by atoms with Crippen molar-refractivity contribution in [3.05, 3.63) is 6.07 Å². The molecule has 0 spiro atoms. The van der Waals surface area contributed by atoms with Crippen LogP contribution in [0, 0.1) is 0 Å². The van der Waals surface area contributed by atoms with Crippen molar-refractivity contribution >= 4 is 26.7 Å². The highest BCUT2D eigenvalue weighted by Gasteiger charge is 2.20. The zero-order valence-electron chi connectivity index (χ0n) is 11.4. The van der Waals surface area contributed by atoms with Crippen molar-refractivity contribution in [1.82, 2.24) is 4.98 Å². The second-order valence-corrected chi connectivity index (χ2v) is 4.79. The highest BCUT2D eigenvalue weighted by atomic mass is 32.1. The first kappa shape index (κ1) is 13.7. The van der Waals surface area contributed by atoms with Crippen molar-refractivity contribution in [3.63, 3.8) is 0 Å². The number of aromatic nitrogens is 1. The van der Waals surface area contributed by atoms with E-state index in [1.165, 1.54) is 11.3 Å². The highest BCUT2D eigenvalue weighted by Crippen LogP contribution is 2.45. The number of hydrogen-bond donors (Lipinski definition) is 1. The fourth-order valence-electron chi connectivity index (χ4n) is 1.84. The average molecular weight is 282 g/mol. The summed E-state index contributed by atoms with van der Waals surface area (Å²) in [7, 11) is 0. The number of rotatable bonds is 6. The van der Waals surface area contributed by atoms with Crippen LogP contribution in [0.1, 0.15) is 20.8 Å². The van der Waals surface area contributed by atoms with Crippen LogP contribution in [0.25, 0.3) is 10.2 Å². The van der Waals surface area contributed by atoms with Gasteiger partial charge in [-0.1, -0.05) is 11.3 Å². The third kappa shape index (κ3) is 2.68. The number of nitrogens with two attached hydrogens (primary N) is 1. The van der Waals surface area contributed by atoms with Gasteiger partial charge in [0.1, 0.15) is 5.52 Å². The van der Waals surface area contributed by atoms with Crippen molar-refractivity contribution in [2.24, 2.45) is 0 Å². The first-order valence-electron chi connectivity index (χ1n) is 6.32. The summed E-state index contributed by atoms with van der Waals surface area (Å²) >= 11 is 1.41. The van der Waals surface area contributed by atoms with Crippen LogP contribution in [0.2, 0.25) is 0 Å². The van der Waals surface area contributed by atoms with Crippen molar-refractivity contribution in [2.75, 3.05) is 25.6 Å². The molecule has 0 fully saturated rings. The second kappa shape index (κ2) is 5.97. The third-order valence-electron chi connectivity index (χ3n) is 2.45. The molecule has 104 valence electrons. The monoisotopic (exact) mass is 282 g/mol. The molecule has 0 saturated heterocycles. The quantitative estimate of drug-likeness (QED) is 0.882. The summed E-state index contributed by atoms with van der Waals surface area (Å²) in [5.41, 5.74) is 6.51. The molecule has 0 saturated carbocycles. The Kier molecular flexibility index (Phi) is 4.31. The molecule has 2 aromatic rings. The van der Waals surface area contributed by atoms with Gasteiger partial charge in [-0.3, -0.25) is 0 Å². The van der Waals surface area contributed by atoms with E-state index in [9.17, 15) is 0 Å². The van der Waals surface area contributed by atoms with Gasteiger partial charge in [0.15, 0.2) is 16.6 Å². The van der Waals surface area contributed by atoms with E-state index in [1.807, 2.05) is 26.8 Å². The molecule has 0 aliphatic carbocycles. The van der Waals surface area contributed by atoms with Crippen LogP contribution < -0.4 is 19.9 Å². The maximum atomic E-state index is 5.77. The molecule has 0 bridgehead atoms. The lowest BCUT2D eigenvalue weighted by molar-refractivity contribution is 0.263. The van der Waals surface area contributed by atoms with E-state index in [0.717, 1.165) is 10.2 Å². The Morgan fingerprint density at radius 2 is 1.68 bits per heavy atom. The fraction of sp³-hybridized carbons (Fsp3) is 0.462. The van der Waals surface area contributed by atoms with Gasteiger partial charge in [-0.25, -0.2) is 4.98 Å². The van der Waals surface area contributed by atoms with Crippen LogP contribution in [-0.4, -0.2) is 24.8 Å². The smallest absolute Gasteiger partial charge is 0.205 e. The van der Waals surface area contributed by atoms with Crippen LogP contribution >= 0.6 is 11.3 Å². The van der Waals surface area contributed by atoms with Gasteiger partial charge < -0.3 is 19.9 Å². The van der Waals surface area contributed by atoms with Crippen molar-refractivity contribution in [1.29, 1.82) is 0 Å². The fourth-order valence-corrected chi connectivity index (χ4v) is 2.60. The summed E-state index contributed by atoms with van der Waals surface area (Å²) in [6.45, 7) is 7.40. The standard InChI is InChI=1S/C13H18N2O3S/c1-4-16-8-7-9-10(15-13(14)19-9)12(18-6-3)11(8)17-5-2/h7H,4-6H2,1-3H3,(H2,14,15). The molecule has 0 atom stereocenters. The van der Waals surface area contributed by atoms with Crippen LogP contribution in [0.3, 0.4) is 0 Å². The number of nitrogens with zero attached hydrogens (tertiary/aromatic N) is 1. The Labute approximate surface area is 116 Å². The Morgan fingerprint density at radius 3 is 2.32 bits per heavy atom. The average Bonchev–Trinajstić information content (AvgIpc) is 2.74. The molecular formula is C13H18N2O3S. The minimum absolute atomic E-state index is 0.507. The number of nitrogen functional groups attached to an aromatic ring is 1. The van der Waals surface area contributed by atoms with E-state index in [2.05, 4.69) is 4.98 Å². The number of ether oxygens (including phenoxy) is 3. The molecule has 0 aliphatic rings. The topological polar surface area (TPSA) is 66.6 Å². The molecule has 0 amide bonds. The molecule has 2 N–H and O–H groups in total. The van der Waals surface area contributed by atoms with E-state index >= 15 is 0 Å².